The van der Waals surface area contributed by atoms with Crippen LogP contribution in [0.5, 0.6) is 0 Å². The molecule has 0 spiro atoms. The zero-order chi connectivity index (χ0) is 27.8. The Bertz CT molecular complexity index is 654. The molecule has 0 aliphatic rings. The number of carboxylic acids is 2. The van der Waals surface area contributed by atoms with E-state index in [1.807, 2.05) is 0 Å². The molecule has 0 aromatic rings. The number of rotatable bonds is 20. The fraction of sp³-hybridized carbons (Fsp3) is 0.792. The number of carbonyl (C=O) groups excluding carboxylic acids is 2. The third-order valence-electron chi connectivity index (χ3n) is 5.01. The minimum Gasteiger partial charge on any atom is -0.481 e. The molecular weight excluding hydrogens is 472 g/mol. The number of unbranched alkanes of at least 4 members (excludes halogenated alkanes) is 8. The van der Waals surface area contributed by atoms with Crippen LogP contribution in [0.1, 0.15) is 97.3 Å². The monoisotopic (exact) mass is 518 g/mol. The summed E-state index contributed by atoms with van der Waals surface area (Å²) in [6, 6.07) is -0.634. The van der Waals surface area contributed by atoms with Gasteiger partial charge >= 0.3 is 17.9 Å². The summed E-state index contributed by atoms with van der Waals surface area (Å²) in [5.74, 6) is -3.32. The summed E-state index contributed by atoms with van der Waals surface area (Å²) in [5.41, 5.74) is 10.6. The second-order valence-corrected chi connectivity index (χ2v) is 8.35. The predicted molar refractivity (Wildman–Crippen MR) is 136 cm³/mol. The summed E-state index contributed by atoms with van der Waals surface area (Å²) in [6.45, 7) is 4.68. The lowest BCUT2D eigenvalue weighted by Crippen LogP contribution is -2.42. The largest absolute Gasteiger partial charge is 0.481 e. The Labute approximate surface area is 213 Å². The molecule has 0 heterocycles. The highest BCUT2D eigenvalue weighted by Crippen LogP contribution is 2.11. The molecule has 1 amide bonds. The first-order valence-corrected chi connectivity index (χ1v) is 12.7. The number of nitrogens with two attached hydrogens (primary N) is 2. The molecule has 0 fully saturated rings. The first-order valence-electron chi connectivity index (χ1n) is 12.7. The van der Waals surface area contributed by atoms with E-state index in [-0.39, 0.29) is 18.5 Å². The number of amides is 1. The highest BCUT2D eigenvalue weighted by atomic mass is 16.5. The maximum Gasteiger partial charge on any atom is 0.333 e. The van der Waals surface area contributed by atoms with Crippen molar-refractivity contribution in [1.29, 1.82) is 0 Å². The van der Waals surface area contributed by atoms with Gasteiger partial charge in [-0.3, -0.25) is 14.6 Å². The molecule has 0 aromatic carbocycles. The normalized spacial score (nSPS) is 11.9. The molecule has 0 aliphatic carbocycles. The maximum absolute atomic E-state index is 12.1. The quantitative estimate of drug-likeness (QED) is 0.0595. The number of aliphatic imine (C=N–C) groups is 1. The number of guanidine groups is 1. The first kappa shape index (κ1) is 35.3. The van der Waals surface area contributed by atoms with Crippen molar-refractivity contribution < 1.29 is 39.2 Å². The zero-order valence-electron chi connectivity index (χ0n) is 21.7. The fourth-order valence-electron chi connectivity index (χ4n) is 3.11. The third kappa shape index (κ3) is 24.2. The van der Waals surface area contributed by atoms with Gasteiger partial charge in [-0.1, -0.05) is 58.3 Å². The Balaban J connectivity index is 0. The van der Waals surface area contributed by atoms with E-state index >= 15 is 0 Å². The number of esters is 1. The number of ether oxygens (including phenoxy) is 1. The lowest BCUT2D eigenvalue weighted by Gasteiger charge is -2.17. The number of aliphatic hydroxyl groups excluding tert-OH is 1. The summed E-state index contributed by atoms with van der Waals surface area (Å²) in [7, 11) is 0. The Morgan fingerprint density at radius 1 is 0.889 bits per heavy atom. The Morgan fingerprint density at radius 2 is 1.44 bits per heavy atom. The number of carbonyl (C=O) groups is 4. The minimum atomic E-state index is -1.79. The number of aliphatic carboxylic acids is 2. The molecule has 0 radical (unpaired) electrons. The Morgan fingerprint density at radius 3 is 1.89 bits per heavy atom. The standard InChI is InChI=1S/C20H40N4O3.C4H6O5/c1-3-5-6-7-8-9-10-11-12-15-18(25)24-17(19(26)27-4-2)14-13-16-23-20(21)22;5-2(4(8)9)1-3(6)7/h17H,3-16H2,1-2H3,(H,24,25)(H4,21,22,23);2,5H,1H2,(H,6,7)(H,8,9)/t17-;/m0./s1. The van der Waals surface area contributed by atoms with E-state index in [0.717, 1.165) is 12.8 Å². The van der Waals surface area contributed by atoms with Crippen LogP contribution in [-0.4, -0.2) is 70.4 Å². The lowest BCUT2D eigenvalue weighted by molar-refractivity contribution is -0.152. The average molecular weight is 519 g/mol. The molecule has 0 rings (SSSR count). The van der Waals surface area contributed by atoms with E-state index in [0.29, 0.717) is 25.8 Å². The molecule has 2 atom stereocenters. The van der Waals surface area contributed by atoms with Gasteiger partial charge in [-0.05, 0) is 26.2 Å². The molecular formula is C24H46N4O8. The van der Waals surface area contributed by atoms with Gasteiger partial charge in [0.05, 0.1) is 13.0 Å². The Hall–Kier alpha value is -2.89. The first-order chi connectivity index (χ1) is 17.0. The number of nitrogens with zero attached hydrogens (tertiary/aromatic N) is 1. The van der Waals surface area contributed by atoms with E-state index in [1.54, 1.807) is 6.92 Å². The average Bonchev–Trinajstić information content (AvgIpc) is 2.79. The number of nitrogens with one attached hydrogen (secondary N) is 1. The molecule has 0 saturated carbocycles. The van der Waals surface area contributed by atoms with Crippen LogP contribution in [0, 0.1) is 0 Å². The summed E-state index contributed by atoms with van der Waals surface area (Å²) in [6.07, 6.45) is 9.79. The number of carboxylic acid groups (broad SMARTS) is 2. The van der Waals surface area contributed by atoms with Crippen molar-refractivity contribution in [2.75, 3.05) is 13.2 Å². The van der Waals surface area contributed by atoms with Gasteiger partial charge in [-0.25, -0.2) is 9.59 Å². The smallest absolute Gasteiger partial charge is 0.333 e. The molecule has 210 valence electrons. The number of hydrogen-bond donors (Lipinski definition) is 6. The maximum atomic E-state index is 12.1. The lowest BCUT2D eigenvalue weighted by atomic mass is 10.1. The van der Waals surface area contributed by atoms with Crippen LogP contribution >= 0.6 is 0 Å². The van der Waals surface area contributed by atoms with Crippen LogP contribution in [0.15, 0.2) is 4.99 Å². The van der Waals surface area contributed by atoms with Crippen LogP contribution in [0.2, 0.25) is 0 Å². The SMILES string of the molecule is CCCCCCCCCCCC(=O)N[C@@H](CCCN=C(N)N)C(=O)OCC.O=C(O)CC(O)C(=O)O. The minimum absolute atomic E-state index is 0.0251. The van der Waals surface area contributed by atoms with Crippen LogP contribution in [0.25, 0.3) is 0 Å². The summed E-state index contributed by atoms with van der Waals surface area (Å²) >= 11 is 0. The molecule has 0 bridgehead atoms. The zero-order valence-corrected chi connectivity index (χ0v) is 21.7. The summed E-state index contributed by atoms with van der Waals surface area (Å²) in [5, 5.41) is 26.9. The molecule has 1 unspecified atom stereocenters. The number of aliphatic hydroxyl groups is 1. The van der Waals surface area contributed by atoms with Gasteiger partial charge in [0.15, 0.2) is 12.1 Å². The van der Waals surface area contributed by atoms with E-state index < -0.39 is 36.5 Å². The summed E-state index contributed by atoms with van der Waals surface area (Å²) in [4.78, 5) is 47.4. The second kappa shape index (κ2) is 23.8. The summed E-state index contributed by atoms with van der Waals surface area (Å²) < 4.78 is 5.04. The molecule has 0 aliphatic heterocycles. The van der Waals surface area contributed by atoms with Gasteiger partial charge in [0.1, 0.15) is 6.04 Å². The van der Waals surface area contributed by atoms with E-state index in [2.05, 4.69) is 17.2 Å². The van der Waals surface area contributed by atoms with Crippen molar-refractivity contribution >= 4 is 29.8 Å². The predicted octanol–water partition coefficient (Wildman–Crippen LogP) is 1.92. The molecule has 0 saturated heterocycles. The van der Waals surface area contributed by atoms with Gasteiger partial charge < -0.3 is 36.8 Å². The van der Waals surface area contributed by atoms with Gasteiger partial charge in [0.25, 0.3) is 0 Å². The molecule has 0 aromatic heterocycles. The molecule has 36 heavy (non-hydrogen) atoms. The van der Waals surface area contributed by atoms with Gasteiger partial charge in [-0.15, -0.1) is 0 Å². The van der Waals surface area contributed by atoms with E-state index in [1.165, 1.54) is 44.9 Å². The van der Waals surface area contributed by atoms with Crippen LogP contribution < -0.4 is 16.8 Å². The fourth-order valence-corrected chi connectivity index (χ4v) is 3.11. The van der Waals surface area contributed by atoms with Gasteiger partial charge in [0.2, 0.25) is 5.91 Å². The Kier molecular flexibility index (Phi) is 23.4. The van der Waals surface area contributed by atoms with Crippen molar-refractivity contribution in [3.05, 3.63) is 0 Å². The van der Waals surface area contributed by atoms with E-state index in [4.69, 9.17) is 31.5 Å². The molecule has 12 nitrogen and oxygen atoms in total. The van der Waals surface area contributed by atoms with E-state index in [9.17, 15) is 19.2 Å². The van der Waals surface area contributed by atoms with Crippen LogP contribution in [0.4, 0.5) is 0 Å². The van der Waals surface area contributed by atoms with Crippen molar-refractivity contribution in [1.82, 2.24) is 5.32 Å². The van der Waals surface area contributed by atoms with Crippen molar-refractivity contribution in [3.63, 3.8) is 0 Å². The van der Waals surface area contributed by atoms with Gasteiger partial charge in [0, 0.05) is 13.0 Å². The second-order valence-electron chi connectivity index (χ2n) is 8.35. The molecule has 12 heteroatoms. The van der Waals surface area contributed by atoms with Crippen LogP contribution in [0.3, 0.4) is 0 Å². The molecule has 8 N–H and O–H groups in total. The number of hydrogen-bond acceptors (Lipinski definition) is 7. The van der Waals surface area contributed by atoms with Crippen molar-refractivity contribution in [2.24, 2.45) is 16.5 Å². The van der Waals surface area contributed by atoms with Crippen molar-refractivity contribution in [3.8, 4) is 0 Å². The van der Waals surface area contributed by atoms with Crippen molar-refractivity contribution in [2.45, 2.75) is 109 Å². The highest BCUT2D eigenvalue weighted by molar-refractivity contribution is 5.84. The van der Waals surface area contributed by atoms with Gasteiger partial charge in [-0.2, -0.15) is 0 Å². The topological polar surface area (TPSA) is 215 Å². The highest BCUT2D eigenvalue weighted by Gasteiger charge is 2.21. The third-order valence-corrected chi connectivity index (χ3v) is 5.01. The van der Waals surface area contributed by atoms with Crippen LogP contribution in [-0.2, 0) is 23.9 Å².